The predicted octanol–water partition coefficient (Wildman–Crippen LogP) is 2.15. The van der Waals surface area contributed by atoms with Crippen LogP contribution in [0.3, 0.4) is 0 Å². The summed E-state index contributed by atoms with van der Waals surface area (Å²) in [6.07, 6.45) is 9.19. The van der Waals surface area contributed by atoms with Gasteiger partial charge in [0.2, 0.25) is 5.95 Å². The van der Waals surface area contributed by atoms with Gasteiger partial charge in [0, 0.05) is 38.1 Å². The molecule has 166 valence electrons. The summed E-state index contributed by atoms with van der Waals surface area (Å²) in [4.78, 5) is 28.6. The predicted molar refractivity (Wildman–Crippen MR) is 121 cm³/mol. The Morgan fingerprint density at radius 1 is 1.03 bits per heavy atom. The molecule has 10 heteroatoms. The van der Waals surface area contributed by atoms with E-state index in [0.717, 1.165) is 68.8 Å². The molecular formula is C22H27N9O. The highest BCUT2D eigenvalue weighted by molar-refractivity contribution is 5.88. The van der Waals surface area contributed by atoms with Crippen LogP contribution in [-0.2, 0) is 5.41 Å². The summed E-state index contributed by atoms with van der Waals surface area (Å²) in [5.74, 6) is 1.15. The van der Waals surface area contributed by atoms with Crippen LogP contribution in [0.25, 0.3) is 11.0 Å². The second-order valence-corrected chi connectivity index (χ2v) is 8.95. The van der Waals surface area contributed by atoms with E-state index in [2.05, 4.69) is 42.0 Å². The monoisotopic (exact) mass is 433 g/mol. The fraction of sp³-hybridized carbons (Fsp3) is 0.500. The van der Waals surface area contributed by atoms with Crippen LogP contribution < -0.4 is 20.9 Å². The average Bonchev–Trinajstić information content (AvgIpc) is 3.24. The quantitative estimate of drug-likeness (QED) is 0.576. The second kappa shape index (κ2) is 7.70. The van der Waals surface area contributed by atoms with E-state index in [1.807, 2.05) is 12.3 Å². The van der Waals surface area contributed by atoms with Crippen LogP contribution in [0.15, 0.2) is 24.5 Å². The molecule has 2 aliphatic heterocycles. The number of amides is 1. The van der Waals surface area contributed by atoms with E-state index in [9.17, 15) is 4.79 Å². The van der Waals surface area contributed by atoms with Gasteiger partial charge >= 0.3 is 6.03 Å². The topological polar surface area (TPSA) is 113 Å². The maximum Gasteiger partial charge on any atom is 0.342 e. The van der Waals surface area contributed by atoms with Crippen LogP contribution in [0.1, 0.15) is 37.8 Å². The molecule has 3 aromatic rings. The molecule has 10 nitrogen and oxygen atoms in total. The van der Waals surface area contributed by atoms with Crippen molar-refractivity contribution in [3.8, 4) is 0 Å². The van der Waals surface area contributed by atoms with Gasteiger partial charge in [-0.05, 0) is 25.0 Å². The molecule has 3 aliphatic rings. The Hall–Kier alpha value is -3.27. The van der Waals surface area contributed by atoms with Crippen molar-refractivity contribution < 1.29 is 4.79 Å². The molecule has 0 bridgehead atoms. The maximum absolute atomic E-state index is 12.5. The first kappa shape index (κ1) is 19.4. The second-order valence-electron chi connectivity index (χ2n) is 8.95. The zero-order chi connectivity index (χ0) is 21.5. The van der Waals surface area contributed by atoms with Crippen LogP contribution in [0, 0.1) is 0 Å². The molecule has 1 aliphatic carbocycles. The van der Waals surface area contributed by atoms with Gasteiger partial charge in [0.05, 0.1) is 23.8 Å². The van der Waals surface area contributed by atoms with Gasteiger partial charge in [-0.2, -0.15) is 9.78 Å². The molecule has 5 heterocycles. The van der Waals surface area contributed by atoms with Crippen LogP contribution in [0.4, 0.5) is 22.2 Å². The van der Waals surface area contributed by atoms with Crippen LogP contribution in [-0.4, -0.2) is 63.5 Å². The lowest BCUT2D eigenvalue weighted by molar-refractivity contribution is 0.207. The first-order valence-corrected chi connectivity index (χ1v) is 11.5. The number of carbonyl (C=O) groups is 1. The van der Waals surface area contributed by atoms with E-state index in [4.69, 9.17) is 4.98 Å². The molecule has 32 heavy (non-hydrogen) atoms. The van der Waals surface area contributed by atoms with E-state index >= 15 is 0 Å². The molecule has 3 N–H and O–H groups in total. The zero-order valence-electron chi connectivity index (χ0n) is 18.0. The summed E-state index contributed by atoms with van der Waals surface area (Å²) in [5.41, 5.74) is 3.36. The number of piperazine rings is 1. The van der Waals surface area contributed by atoms with Gasteiger partial charge in [-0.3, -0.25) is 0 Å². The Kier molecular flexibility index (Phi) is 4.67. The number of nitrogens with zero attached hydrogens (tertiary/aromatic N) is 6. The molecule has 1 saturated carbocycles. The number of pyridine rings is 1. The number of carbonyl (C=O) groups excluding carboxylic acids is 1. The van der Waals surface area contributed by atoms with Crippen molar-refractivity contribution in [3.63, 3.8) is 0 Å². The van der Waals surface area contributed by atoms with Gasteiger partial charge in [-0.1, -0.05) is 19.3 Å². The van der Waals surface area contributed by atoms with Gasteiger partial charge in [-0.15, -0.1) is 0 Å². The highest BCUT2D eigenvalue weighted by Crippen LogP contribution is 2.43. The van der Waals surface area contributed by atoms with Gasteiger partial charge in [0.1, 0.15) is 16.9 Å². The lowest BCUT2D eigenvalue weighted by Gasteiger charge is -2.40. The summed E-state index contributed by atoms with van der Waals surface area (Å²) in [7, 11) is 0. The standard InChI is InChI=1S/C22H27N9O/c32-21-26-14-22(6-2-1-3-7-22)19-18-16(29-31(19)21)13-25-20(28-18)27-17-5-4-15(12-24-17)30-10-8-23-9-11-30/h4-5,12-13,23H,1-3,6-11,14H2,(H,26,32)(H,24,27,28). The van der Waals surface area contributed by atoms with Crippen LogP contribution >= 0.6 is 0 Å². The molecule has 0 aromatic carbocycles. The Balaban J connectivity index is 1.31. The highest BCUT2D eigenvalue weighted by Gasteiger charge is 2.43. The molecular weight excluding hydrogens is 406 g/mol. The lowest BCUT2D eigenvalue weighted by Crippen LogP contribution is -2.51. The van der Waals surface area contributed by atoms with Gasteiger partial charge in [0.25, 0.3) is 0 Å². The molecule has 0 radical (unpaired) electrons. The Morgan fingerprint density at radius 3 is 2.66 bits per heavy atom. The Morgan fingerprint density at radius 2 is 1.88 bits per heavy atom. The van der Waals surface area contributed by atoms with Crippen molar-refractivity contribution in [1.82, 2.24) is 35.4 Å². The van der Waals surface area contributed by atoms with Crippen molar-refractivity contribution in [3.05, 3.63) is 30.2 Å². The first-order valence-electron chi connectivity index (χ1n) is 11.5. The molecule has 2 fully saturated rings. The summed E-state index contributed by atoms with van der Waals surface area (Å²) in [5, 5.41) is 14.1. The molecule has 0 unspecified atom stereocenters. The number of fused-ring (bicyclic) bond motifs is 4. The average molecular weight is 434 g/mol. The van der Waals surface area contributed by atoms with Gasteiger partial charge in [-0.25, -0.2) is 19.7 Å². The number of anilines is 3. The fourth-order valence-electron chi connectivity index (χ4n) is 5.29. The third-order valence-corrected chi connectivity index (χ3v) is 6.97. The van der Waals surface area contributed by atoms with Crippen LogP contribution in [0.5, 0.6) is 0 Å². The van der Waals surface area contributed by atoms with Crippen molar-refractivity contribution in [1.29, 1.82) is 0 Å². The fourth-order valence-corrected chi connectivity index (χ4v) is 5.29. The molecule has 1 saturated heterocycles. The smallest absolute Gasteiger partial charge is 0.342 e. The summed E-state index contributed by atoms with van der Waals surface area (Å²) in [6.45, 7) is 4.59. The van der Waals surface area contributed by atoms with Gasteiger partial charge < -0.3 is 20.9 Å². The normalized spacial score (nSPS) is 20.2. The number of rotatable bonds is 3. The number of nitrogens with one attached hydrogen (secondary N) is 3. The van der Waals surface area contributed by atoms with Crippen molar-refractivity contribution in [2.24, 2.45) is 0 Å². The van der Waals surface area contributed by atoms with E-state index in [1.165, 1.54) is 11.1 Å². The van der Waals surface area contributed by atoms with E-state index in [1.54, 1.807) is 6.20 Å². The summed E-state index contributed by atoms with van der Waals surface area (Å²) in [6, 6.07) is 3.84. The van der Waals surface area contributed by atoms with Gasteiger partial charge in [0.15, 0.2) is 0 Å². The van der Waals surface area contributed by atoms with E-state index in [0.29, 0.717) is 23.8 Å². The minimum Gasteiger partial charge on any atom is -0.368 e. The zero-order valence-corrected chi connectivity index (χ0v) is 18.0. The number of aromatic nitrogens is 5. The molecule has 0 atom stereocenters. The molecule has 1 spiro atoms. The van der Waals surface area contributed by atoms with Crippen molar-refractivity contribution in [2.75, 3.05) is 42.9 Å². The largest absolute Gasteiger partial charge is 0.368 e. The molecule has 6 rings (SSSR count). The number of hydrogen-bond acceptors (Lipinski definition) is 8. The Bertz CT molecular complexity index is 1140. The SMILES string of the molecule is O=C1NCC2(CCCCC2)c2c3nc(Nc4ccc(N5CCNCC5)cn4)ncc3nn21. The summed E-state index contributed by atoms with van der Waals surface area (Å²) < 4.78 is 1.51. The minimum atomic E-state index is -0.186. The third kappa shape index (κ3) is 3.26. The third-order valence-electron chi connectivity index (χ3n) is 6.97. The highest BCUT2D eigenvalue weighted by atomic mass is 16.2. The maximum atomic E-state index is 12.5. The van der Waals surface area contributed by atoms with E-state index < -0.39 is 0 Å². The van der Waals surface area contributed by atoms with Crippen molar-refractivity contribution in [2.45, 2.75) is 37.5 Å². The molecule has 3 aromatic heterocycles. The molecule has 1 amide bonds. The summed E-state index contributed by atoms with van der Waals surface area (Å²) >= 11 is 0. The first-order chi connectivity index (χ1) is 15.7. The van der Waals surface area contributed by atoms with Crippen LogP contribution in [0.2, 0.25) is 0 Å². The minimum absolute atomic E-state index is 0.101. The number of hydrogen-bond donors (Lipinski definition) is 3. The lowest BCUT2D eigenvalue weighted by atomic mass is 9.70. The van der Waals surface area contributed by atoms with E-state index in [-0.39, 0.29) is 11.4 Å². The van der Waals surface area contributed by atoms with Crippen molar-refractivity contribution >= 4 is 34.5 Å². The Labute approximate surface area is 185 Å².